The molecule has 0 amide bonds. The summed E-state index contributed by atoms with van der Waals surface area (Å²) in [4.78, 5) is 4.42. The van der Waals surface area contributed by atoms with Crippen LogP contribution < -0.4 is 0 Å². The zero-order valence-electron chi connectivity index (χ0n) is 13.0. The molecule has 0 fully saturated rings. The summed E-state index contributed by atoms with van der Waals surface area (Å²) in [5.74, 6) is 1.19. The van der Waals surface area contributed by atoms with E-state index in [2.05, 4.69) is 53.5 Å². The minimum Gasteiger partial charge on any atom is -0.334 e. The van der Waals surface area contributed by atoms with Crippen molar-refractivity contribution < 1.29 is 4.52 Å². The Morgan fingerprint density at radius 2 is 1.45 bits per heavy atom. The molecule has 0 atom stereocenters. The highest BCUT2D eigenvalue weighted by Gasteiger charge is 2.09. The van der Waals surface area contributed by atoms with E-state index < -0.39 is 0 Å². The molecule has 3 nitrogen and oxygen atoms in total. The van der Waals surface area contributed by atoms with Crippen LogP contribution in [0.15, 0.2) is 59.1 Å². The van der Waals surface area contributed by atoms with E-state index in [0.717, 1.165) is 11.1 Å². The second kappa shape index (κ2) is 5.98. The van der Waals surface area contributed by atoms with Crippen molar-refractivity contribution in [2.45, 2.75) is 20.8 Å². The van der Waals surface area contributed by atoms with Gasteiger partial charge in [-0.15, -0.1) is 0 Å². The monoisotopic (exact) mass is 290 g/mol. The summed E-state index contributed by atoms with van der Waals surface area (Å²) >= 11 is 0. The first-order chi connectivity index (χ1) is 10.7. The van der Waals surface area contributed by atoms with Gasteiger partial charge in [0.05, 0.1) is 0 Å². The number of allylic oxidation sites excluding steroid dienone is 2. The van der Waals surface area contributed by atoms with Gasteiger partial charge in [0.25, 0.3) is 5.89 Å². The summed E-state index contributed by atoms with van der Waals surface area (Å²) in [5, 5.41) is 4.00. The molecule has 0 aliphatic carbocycles. The topological polar surface area (TPSA) is 38.9 Å². The van der Waals surface area contributed by atoms with Gasteiger partial charge in [0.2, 0.25) is 0 Å². The van der Waals surface area contributed by atoms with Crippen LogP contribution >= 0.6 is 0 Å². The van der Waals surface area contributed by atoms with Gasteiger partial charge in [0.1, 0.15) is 0 Å². The molecule has 22 heavy (non-hydrogen) atoms. The SMILES string of the molecule is CC=C(C)c1noc(-c2ccc(-c3ccc(C)cc3)cc2)n1. The van der Waals surface area contributed by atoms with Gasteiger partial charge in [0, 0.05) is 5.56 Å². The minimum atomic E-state index is 0.548. The highest BCUT2D eigenvalue weighted by Crippen LogP contribution is 2.25. The molecule has 3 heteroatoms. The number of benzene rings is 2. The van der Waals surface area contributed by atoms with Gasteiger partial charge in [-0.25, -0.2) is 0 Å². The number of nitrogens with zero attached hydrogens (tertiary/aromatic N) is 2. The highest BCUT2D eigenvalue weighted by molar-refractivity contribution is 5.68. The summed E-state index contributed by atoms with van der Waals surface area (Å²) in [7, 11) is 0. The van der Waals surface area contributed by atoms with Crippen molar-refractivity contribution in [3.05, 3.63) is 66.0 Å². The van der Waals surface area contributed by atoms with Crippen LogP contribution in [-0.2, 0) is 0 Å². The molecule has 3 rings (SSSR count). The van der Waals surface area contributed by atoms with Crippen molar-refractivity contribution in [2.24, 2.45) is 0 Å². The molecule has 0 spiro atoms. The second-order valence-electron chi connectivity index (χ2n) is 5.34. The maximum Gasteiger partial charge on any atom is 0.258 e. The van der Waals surface area contributed by atoms with E-state index >= 15 is 0 Å². The fourth-order valence-corrected chi connectivity index (χ4v) is 2.18. The Bertz CT molecular complexity index is 796. The first kappa shape index (κ1) is 14.3. The Labute approximate surface area is 130 Å². The maximum atomic E-state index is 5.33. The normalized spacial score (nSPS) is 11.7. The summed E-state index contributed by atoms with van der Waals surface area (Å²) < 4.78 is 5.33. The molecule has 0 aliphatic heterocycles. The van der Waals surface area contributed by atoms with Gasteiger partial charge in [-0.1, -0.05) is 53.2 Å². The Hall–Kier alpha value is -2.68. The molecule has 0 saturated carbocycles. The van der Waals surface area contributed by atoms with Crippen molar-refractivity contribution in [3.8, 4) is 22.6 Å². The highest BCUT2D eigenvalue weighted by atomic mass is 16.5. The third kappa shape index (κ3) is 2.84. The smallest absolute Gasteiger partial charge is 0.258 e. The molecule has 0 aliphatic rings. The lowest BCUT2D eigenvalue weighted by molar-refractivity contribution is 0.428. The van der Waals surface area contributed by atoms with Gasteiger partial charge in [-0.05, 0) is 49.6 Å². The van der Waals surface area contributed by atoms with Crippen molar-refractivity contribution >= 4 is 5.57 Å². The molecule has 110 valence electrons. The largest absolute Gasteiger partial charge is 0.334 e. The number of rotatable bonds is 3. The molecule has 1 heterocycles. The van der Waals surface area contributed by atoms with E-state index in [9.17, 15) is 0 Å². The lowest BCUT2D eigenvalue weighted by Gasteiger charge is -2.03. The Morgan fingerprint density at radius 1 is 0.909 bits per heavy atom. The van der Waals surface area contributed by atoms with Crippen molar-refractivity contribution in [1.82, 2.24) is 10.1 Å². The first-order valence-electron chi connectivity index (χ1n) is 7.32. The van der Waals surface area contributed by atoms with E-state index in [0.29, 0.717) is 11.7 Å². The van der Waals surface area contributed by atoms with Crippen LogP contribution in [0, 0.1) is 6.92 Å². The van der Waals surface area contributed by atoms with E-state index in [1.54, 1.807) is 0 Å². The zero-order chi connectivity index (χ0) is 15.5. The lowest BCUT2D eigenvalue weighted by atomic mass is 10.0. The van der Waals surface area contributed by atoms with E-state index in [-0.39, 0.29) is 0 Å². The van der Waals surface area contributed by atoms with Crippen LogP contribution in [0.4, 0.5) is 0 Å². The summed E-state index contributed by atoms with van der Waals surface area (Å²) in [6, 6.07) is 16.7. The predicted octanol–water partition coefficient (Wildman–Crippen LogP) is 5.14. The maximum absolute atomic E-state index is 5.33. The Kier molecular flexibility index (Phi) is 3.88. The van der Waals surface area contributed by atoms with Crippen LogP contribution in [0.25, 0.3) is 28.2 Å². The number of hydrogen-bond donors (Lipinski definition) is 0. The van der Waals surface area contributed by atoms with E-state index in [4.69, 9.17) is 4.52 Å². The van der Waals surface area contributed by atoms with Crippen molar-refractivity contribution in [1.29, 1.82) is 0 Å². The minimum absolute atomic E-state index is 0.548. The lowest BCUT2D eigenvalue weighted by Crippen LogP contribution is -1.83. The third-order valence-electron chi connectivity index (χ3n) is 3.73. The Balaban J connectivity index is 1.88. The van der Waals surface area contributed by atoms with Gasteiger partial charge >= 0.3 is 0 Å². The molecule has 0 bridgehead atoms. The molecule has 3 aromatic rings. The third-order valence-corrected chi connectivity index (χ3v) is 3.73. The molecule has 0 unspecified atom stereocenters. The molecule has 0 N–H and O–H groups in total. The summed E-state index contributed by atoms with van der Waals surface area (Å²) in [6.07, 6.45) is 1.97. The van der Waals surface area contributed by atoms with Crippen LogP contribution in [0.1, 0.15) is 25.2 Å². The molecular formula is C19H18N2O. The standard InChI is InChI=1S/C19H18N2O/c1-4-14(3)18-20-19(22-21-18)17-11-9-16(10-12-17)15-7-5-13(2)6-8-15/h4-12H,1-3H3. The zero-order valence-corrected chi connectivity index (χ0v) is 13.0. The molecular weight excluding hydrogens is 272 g/mol. The summed E-state index contributed by atoms with van der Waals surface area (Å²) in [5.41, 5.74) is 5.57. The molecule has 2 aromatic carbocycles. The first-order valence-corrected chi connectivity index (χ1v) is 7.32. The van der Waals surface area contributed by atoms with Crippen LogP contribution in [0.5, 0.6) is 0 Å². The average Bonchev–Trinajstić information content (AvgIpc) is 3.05. The van der Waals surface area contributed by atoms with Crippen molar-refractivity contribution in [3.63, 3.8) is 0 Å². The van der Waals surface area contributed by atoms with Gasteiger partial charge in [0.15, 0.2) is 5.82 Å². The molecule has 0 radical (unpaired) electrons. The van der Waals surface area contributed by atoms with Crippen LogP contribution in [0.3, 0.4) is 0 Å². The number of aromatic nitrogens is 2. The summed E-state index contributed by atoms with van der Waals surface area (Å²) in [6.45, 7) is 6.02. The van der Waals surface area contributed by atoms with E-state index in [1.165, 1.54) is 16.7 Å². The fourth-order valence-electron chi connectivity index (χ4n) is 2.18. The number of aryl methyl sites for hydroxylation is 1. The van der Waals surface area contributed by atoms with Crippen LogP contribution in [-0.4, -0.2) is 10.1 Å². The van der Waals surface area contributed by atoms with Gasteiger partial charge < -0.3 is 4.52 Å². The fraction of sp³-hybridized carbons (Fsp3) is 0.158. The number of hydrogen-bond acceptors (Lipinski definition) is 3. The van der Waals surface area contributed by atoms with Gasteiger partial charge in [-0.3, -0.25) is 0 Å². The molecule has 1 aromatic heterocycles. The van der Waals surface area contributed by atoms with Crippen molar-refractivity contribution in [2.75, 3.05) is 0 Å². The Morgan fingerprint density at radius 3 is 2.05 bits per heavy atom. The molecule has 0 saturated heterocycles. The van der Waals surface area contributed by atoms with Crippen LogP contribution in [0.2, 0.25) is 0 Å². The average molecular weight is 290 g/mol. The predicted molar refractivity (Wildman–Crippen MR) is 89.2 cm³/mol. The second-order valence-corrected chi connectivity index (χ2v) is 5.34. The van der Waals surface area contributed by atoms with E-state index in [1.807, 2.05) is 32.1 Å². The quantitative estimate of drug-likeness (QED) is 0.670. The van der Waals surface area contributed by atoms with Gasteiger partial charge in [-0.2, -0.15) is 4.98 Å².